The van der Waals surface area contributed by atoms with Gasteiger partial charge in [0.25, 0.3) is 11.8 Å². The van der Waals surface area contributed by atoms with E-state index in [1.807, 2.05) is 6.92 Å². The van der Waals surface area contributed by atoms with Crippen molar-refractivity contribution in [3.05, 3.63) is 59.7 Å². The van der Waals surface area contributed by atoms with Crippen molar-refractivity contribution < 1.29 is 32.3 Å². The molecule has 1 aliphatic heterocycles. The minimum atomic E-state index is -3.78. The molecule has 1 heterocycles. The molecule has 0 radical (unpaired) electrons. The Balaban J connectivity index is 1.42. The summed E-state index contributed by atoms with van der Waals surface area (Å²) in [5.74, 6) is -0.950. The van der Waals surface area contributed by atoms with Crippen molar-refractivity contribution in [2.45, 2.75) is 18.2 Å². The van der Waals surface area contributed by atoms with Crippen LogP contribution in [0.3, 0.4) is 0 Å². The number of esters is 1. The molecule has 2 aromatic carbocycles. The largest absolute Gasteiger partial charge is 0.494 e. The van der Waals surface area contributed by atoms with E-state index < -0.39 is 27.8 Å². The number of benzene rings is 2. The zero-order chi connectivity index (χ0) is 22.4. The molecule has 0 spiro atoms. The minimum absolute atomic E-state index is 0.0509. The van der Waals surface area contributed by atoms with Gasteiger partial charge in [-0.25, -0.2) is 13.1 Å². The molecular weight excluding hydrogens is 424 g/mol. The van der Waals surface area contributed by atoms with Gasteiger partial charge in [0.2, 0.25) is 10.0 Å². The Morgan fingerprint density at radius 2 is 1.61 bits per heavy atom. The van der Waals surface area contributed by atoms with Crippen LogP contribution in [0.4, 0.5) is 0 Å². The smallest absolute Gasteiger partial charge is 0.307 e. The maximum atomic E-state index is 12.3. The maximum Gasteiger partial charge on any atom is 0.307 e. The van der Waals surface area contributed by atoms with Gasteiger partial charge in [-0.05, 0) is 43.3 Å². The Morgan fingerprint density at radius 1 is 1.00 bits per heavy atom. The van der Waals surface area contributed by atoms with Gasteiger partial charge in [-0.2, -0.15) is 0 Å². The lowest BCUT2D eigenvalue weighted by Gasteiger charge is -2.14. The molecular formula is C21H22N2O7S. The standard InChI is InChI=1S/C21H22N2O7S/c1-2-29-15-7-9-16(10-8-15)31(27,28)22-12-11-19(24)30-14-13-23-20(25)17-5-3-4-6-18(17)21(23)26/h3-10,22H,2,11-14H2,1H3. The van der Waals surface area contributed by atoms with Crippen LogP contribution >= 0.6 is 0 Å². The van der Waals surface area contributed by atoms with Crippen molar-refractivity contribution in [1.82, 2.24) is 9.62 Å². The van der Waals surface area contributed by atoms with E-state index in [1.54, 1.807) is 36.4 Å². The molecule has 3 rings (SSSR count). The highest BCUT2D eigenvalue weighted by molar-refractivity contribution is 7.89. The number of sulfonamides is 1. The summed E-state index contributed by atoms with van der Waals surface area (Å²) in [7, 11) is -3.78. The topological polar surface area (TPSA) is 119 Å². The lowest BCUT2D eigenvalue weighted by molar-refractivity contribution is -0.143. The fourth-order valence-electron chi connectivity index (χ4n) is 3.02. The number of amides is 2. The zero-order valence-electron chi connectivity index (χ0n) is 16.9. The molecule has 0 unspecified atom stereocenters. The predicted molar refractivity (Wildman–Crippen MR) is 110 cm³/mol. The van der Waals surface area contributed by atoms with Gasteiger partial charge in [0.05, 0.1) is 35.6 Å². The first-order valence-corrected chi connectivity index (χ1v) is 11.1. The van der Waals surface area contributed by atoms with E-state index in [2.05, 4.69) is 4.72 Å². The summed E-state index contributed by atoms with van der Waals surface area (Å²) >= 11 is 0. The molecule has 0 fully saturated rings. The second kappa shape index (κ2) is 9.71. The summed E-state index contributed by atoms with van der Waals surface area (Å²) in [4.78, 5) is 37.4. The summed E-state index contributed by atoms with van der Waals surface area (Å²) in [6.45, 7) is 1.90. The fraction of sp³-hybridized carbons (Fsp3) is 0.286. The van der Waals surface area contributed by atoms with Gasteiger partial charge in [-0.3, -0.25) is 19.3 Å². The number of hydrogen-bond donors (Lipinski definition) is 1. The second-order valence-electron chi connectivity index (χ2n) is 6.58. The number of fused-ring (bicyclic) bond motifs is 1. The average molecular weight is 446 g/mol. The highest BCUT2D eigenvalue weighted by Crippen LogP contribution is 2.22. The van der Waals surface area contributed by atoms with Gasteiger partial charge in [0.15, 0.2) is 0 Å². The van der Waals surface area contributed by atoms with Crippen LogP contribution in [0.5, 0.6) is 5.75 Å². The lowest BCUT2D eigenvalue weighted by atomic mass is 10.1. The molecule has 0 atom stereocenters. The van der Waals surface area contributed by atoms with E-state index in [-0.39, 0.29) is 31.0 Å². The van der Waals surface area contributed by atoms with E-state index in [0.29, 0.717) is 23.5 Å². The summed E-state index contributed by atoms with van der Waals surface area (Å²) in [6.07, 6.45) is -0.196. The van der Waals surface area contributed by atoms with Crippen molar-refractivity contribution in [3.8, 4) is 5.75 Å². The van der Waals surface area contributed by atoms with Crippen LogP contribution in [0, 0.1) is 0 Å². The van der Waals surface area contributed by atoms with Crippen LogP contribution in [-0.4, -0.2) is 57.4 Å². The molecule has 0 saturated carbocycles. The quantitative estimate of drug-likeness (QED) is 0.435. The number of nitrogens with one attached hydrogen (secondary N) is 1. The van der Waals surface area contributed by atoms with Crippen molar-refractivity contribution in [1.29, 1.82) is 0 Å². The molecule has 164 valence electrons. The molecule has 0 bridgehead atoms. The first-order chi connectivity index (χ1) is 14.8. The second-order valence-corrected chi connectivity index (χ2v) is 8.35. The number of carbonyl (C=O) groups is 3. The van der Waals surface area contributed by atoms with Gasteiger partial charge in [0, 0.05) is 6.54 Å². The Labute approximate surface area is 180 Å². The molecule has 1 aliphatic rings. The number of nitrogens with zero attached hydrogens (tertiary/aromatic N) is 1. The monoisotopic (exact) mass is 446 g/mol. The molecule has 0 saturated heterocycles. The van der Waals surface area contributed by atoms with Crippen molar-refractivity contribution in [2.75, 3.05) is 26.3 Å². The SMILES string of the molecule is CCOc1ccc(S(=O)(=O)NCCC(=O)OCCN2C(=O)c3ccccc3C2=O)cc1. The average Bonchev–Trinajstić information content (AvgIpc) is 2.99. The van der Waals surface area contributed by atoms with Crippen LogP contribution in [0.15, 0.2) is 53.4 Å². The van der Waals surface area contributed by atoms with Crippen LogP contribution in [-0.2, 0) is 19.6 Å². The molecule has 10 heteroatoms. The third-order valence-corrected chi connectivity index (χ3v) is 6.00. The number of hydrogen-bond acceptors (Lipinski definition) is 7. The molecule has 0 aromatic heterocycles. The highest BCUT2D eigenvalue weighted by atomic mass is 32.2. The van der Waals surface area contributed by atoms with E-state index in [4.69, 9.17) is 9.47 Å². The third kappa shape index (κ3) is 5.28. The molecule has 9 nitrogen and oxygen atoms in total. The van der Waals surface area contributed by atoms with Crippen LogP contribution in [0.1, 0.15) is 34.1 Å². The summed E-state index contributed by atoms with van der Waals surface area (Å²) < 4.78 is 37.2. The fourth-order valence-corrected chi connectivity index (χ4v) is 4.05. The zero-order valence-corrected chi connectivity index (χ0v) is 17.7. The number of imide groups is 1. The Hall–Kier alpha value is -3.24. The first kappa shape index (κ1) is 22.4. The first-order valence-electron chi connectivity index (χ1n) is 9.67. The Kier molecular flexibility index (Phi) is 7.03. The molecule has 2 amide bonds. The minimum Gasteiger partial charge on any atom is -0.494 e. The van der Waals surface area contributed by atoms with Gasteiger partial charge in [-0.15, -0.1) is 0 Å². The predicted octanol–water partition coefficient (Wildman–Crippen LogP) is 1.59. The molecule has 31 heavy (non-hydrogen) atoms. The van der Waals surface area contributed by atoms with Crippen LogP contribution in [0.2, 0.25) is 0 Å². The van der Waals surface area contributed by atoms with E-state index >= 15 is 0 Å². The highest BCUT2D eigenvalue weighted by Gasteiger charge is 2.34. The van der Waals surface area contributed by atoms with Gasteiger partial charge in [0.1, 0.15) is 12.4 Å². The van der Waals surface area contributed by atoms with Crippen molar-refractivity contribution in [2.24, 2.45) is 0 Å². The van der Waals surface area contributed by atoms with Crippen LogP contribution < -0.4 is 9.46 Å². The molecule has 0 aliphatic carbocycles. The van der Waals surface area contributed by atoms with Crippen LogP contribution in [0.25, 0.3) is 0 Å². The van der Waals surface area contributed by atoms with E-state index in [1.165, 1.54) is 12.1 Å². The van der Waals surface area contributed by atoms with Crippen molar-refractivity contribution in [3.63, 3.8) is 0 Å². The van der Waals surface area contributed by atoms with Gasteiger partial charge >= 0.3 is 5.97 Å². The van der Waals surface area contributed by atoms with E-state index in [0.717, 1.165) is 4.90 Å². The number of carbonyl (C=O) groups excluding carboxylic acids is 3. The number of ether oxygens (including phenoxy) is 2. The van der Waals surface area contributed by atoms with Gasteiger partial charge in [-0.1, -0.05) is 12.1 Å². The number of rotatable bonds is 10. The summed E-state index contributed by atoms with van der Waals surface area (Å²) in [6, 6.07) is 12.4. The maximum absolute atomic E-state index is 12.3. The summed E-state index contributed by atoms with van der Waals surface area (Å²) in [5, 5.41) is 0. The Morgan fingerprint density at radius 3 is 2.19 bits per heavy atom. The lowest BCUT2D eigenvalue weighted by Crippen LogP contribution is -2.33. The Bertz CT molecular complexity index is 1050. The van der Waals surface area contributed by atoms with E-state index in [9.17, 15) is 22.8 Å². The van der Waals surface area contributed by atoms with Crippen molar-refractivity contribution >= 4 is 27.8 Å². The molecule has 2 aromatic rings. The molecule has 1 N–H and O–H groups in total. The van der Waals surface area contributed by atoms with Gasteiger partial charge < -0.3 is 9.47 Å². The third-order valence-electron chi connectivity index (χ3n) is 4.52. The normalized spacial score (nSPS) is 13.3. The summed E-state index contributed by atoms with van der Waals surface area (Å²) in [5.41, 5.74) is 0.644.